The highest BCUT2D eigenvalue weighted by molar-refractivity contribution is 6.40. The van der Waals surface area contributed by atoms with Crippen molar-refractivity contribution in [3.05, 3.63) is 95.1 Å². The van der Waals surface area contributed by atoms with Crippen LogP contribution in [0.25, 0.3) is 0 Å². The molecule has 0 fully saturated rings. The number of ether oxygens (including phenoxy) is 1. The van der Waals surface area contributed by atoms with Crippen LogP contribution in [0.15, 0.2) is 72.8 Å². The zero-order valence-electron chi connectivity index (χ0n) is 18.7. The molecule has 7 nitrogen and oxygen atoms in total. The highest BCUT2D eigenvalue weighted by Gasteiger charge is 2.17. The minimum absolute atomic E-state index is 0.169. The normalized spacial score (nSPS) is 10.2. The van der Waals surface area contributed by atoms with Crippen molar-refractivity contribution in [3.63, 3.8) is 0 Å². The molecule has 0 aliphatic carbocycles. The third kappa shape index (κ3) is 6.67. The molecule has 0 aliphatic rings. The number of benzene rings is 3. The Balaban J connectivity index is 1.58. The maximum Gasteiger partial charge on any atom is 0.313 e. The monoisotopic (exact) mass is 445 g/mol. The Labute approximate surface area is 193 Å². The molecule has 7 heteroatoms. The summed E-state index contributed by atoms with van der Waals surface area (Å²) in [7, 11) is 1.56. The second-order valence-corrected chi connectivity index (χ2v) is 7.39. The van der Waals surface area contributed by atoms with Gasteiger partial charge in [0.15, 0.2) is 0 Å². The molecule has 3 aromatic carbocycles. The van der Waals surface area contributed by atoms with E-state index in [1.54, 1.807) is 49.6 Å². The van der Waals surface area contributed by atoms with Gasteiger partial charge in [-0.25, -0.2) is 0 Å². The summed E-state index contributed by atoms with van der Waals surface area (Å²) in [5.74, 6) is -1.34. The van der Waals surface area contributed by atoms with Crippen LogP contribution in [0.3, 0.4) is 0 Å². The Hall–Kier alpha value is -4.13. The summed E-state index contributed by atoms with van der Waals surface area (Å²) in [6, 6.07) is 21.7. The van der Waals surface area contributed by atoms with E-state index in [2.05, 4.69) is 22.9 Å². The number of nitrogens with one attached hydrogen (secondary N) is 3. The molecule has 3 N–H and O–H groups in total. The highest BCUT2D eigenvalue weighted by atomic mass is 16.5. The van der Waals surface area contributed by atoms with Crippen LogP contribution in [-0.2, 0) is 29.1 Å². The fourth-order valence-electron chi connectivity index (χ4n) is 3.18. The van der Waals surface area contributed by atoms with Gasteiger partial charge in [0.05, 0.1) is 18.4 Å². The summed E-state index contributed by atoms with van der Waals surface area (Å²) in [4.78, 5) is 37.4. The predicted octanol–water partition coefficient (Wildman–Crippen LogP) is 3.44. The average molecular weight is 446 g/mol. The first kappa shape index (κ1) is 23.5. The third-order valence-corrected chi connectivity index (χ3v) is 5.10. The molecule has 0 unspecified atom stereocenters. The lowest BCUT2D eigenvalue weighted by atomic mass is 10.1. The summed E-state index contributed by atoms with van der Waals surface area (Å²) < 4.78 is 5.15. The number of rotatable bonds is 8. The lowest BCUT2D eigenvalue weighted by Crippen LogP contribution is -2.35. The number of carbonyl (C=O) groups excluding carboxylic acids is 3. The van der Waals surface area contributed by atoms with Gasteiger partial charge in [-0.2, -0.15) is 0 Å². The van der Waals surface area contributed by atoms with Crippen LogP contribution in [0, 0.1) is 0 Å². The Morgan fingerprint density at radius 2 is 1.45 bits per heavy atom. The molecule has 0 saturated carbocycles. The van der Waals surface area contributed by atoms with Gasteiger partial charge in [-0.1, -0.05) is 55.5 Å². The molecule has 3 rings (SSSR count). The van der Waals surface area contributed by atoms with Crippen molar-refractivity contribution in [3.8, 4) is 5.75 Å². The number of carbonyl (C=O) groups is 3. The van der Waals surface area contributed by atoms with Gasteiger partial charge in [0.2, 0.25) is 0 Å². The van der Waals surface area contributed by atoms with Crippen LogP contribution in [0.1, 0.15) is 34.0 Å². The predicted molar refractivity (Wildman–Crippen MR) is 127 cm³/mol. The van der Waals surface area contributed by atoms with E-state index in [-0.39, 0.29) is 23.7 Å². The maximum atomic E-state index is 12.7. The Kier molecular flexibility index (Phi) is 8.18. The van der Waals surface area contributed by atoms with Crippen LogP contribution in [-0.4, -0.2) is 24.8 Å². The maximum absolute atomic E-state index is 12.7. The zero-order valence-corrected chi connectivity index (χ0v) is 18.7. The Morgan fingerprint density at radius 1 is 0.758 bits per heavy atom. The van der Waals surface area contributed by atoms with Crippen molar-refractivity contribution >= 4 is 23.4 Å². The van der Waals surface area contributed by atoms with Crippen LogP contribution < -0.4 is 20.7 Å². The number of hydrogen-bond donors (Lipinski definition) is 3. The van der Waals surface area contributed by atoms with Crippen LogP contribution >= 0.6 is 0 Å². The van der Waals surface area contributed by atoms with E-state index in [1.165, 1.54) is 5.56 Å². The number of para-hydroxylation sites is 1. The summed E-state index contributed by atoms with van der Waals surface area (Å²) in [6.07, 6.45) is 0.951. The van der Waals surface area contributed by atoms with Gasteiger partial charge < -0.3 is 20.7 Å². The molecule has 0 aliphatic heterocycles. The van der Waals surface area contributed by atoms with Crippen molar-refractivity contribution in [2.24, 2.45) is 0 Å². The fourth-order valence-corrected chi connectivity index (χ4v) is 3.18. The lowest BCUT2D eigenvalue weighted by molar-refractivity contribution is -0.136. The highest BCUT2D eigenvalue weighted by Crippen LogP contribution is 2.16. The van der Waals surface area contributed by atoms with E-state index in [0.29, 0.717) is 12.3 Å². The molecule has 0 saturated heterocycles. The molecule has 0 atom stereocenters. The van der Waals surface area contributed by atoms with Crippen molar-refractivity contribution in [1.82, 2.24) is 10.6 Å². The van der Waals surface area contributed by atoms with Gasteiger partial charge >= 0.3 is 11.8 Å². The van der Waals surface area contributed by atoms with E-state index in [0.717, 1.165) is 17.5 Å². The number of anilines is 1. The first-order valence-electron chi connectivity index (χ1n) is 10.7. The number of aryl methyl sites for hydroxylation is 1. The summed E-state index contributed by atoms with van der Waals surface area (Å²) in [5, 5.41) is 7.95. The molecule has 0 spiro atoms. The summed E-state index contributed by atoms with van der Waals surface area (Å²) >= 11 is 0. The molecule has 0 aromatic heterocycles. The molecular weight excluding hydrogens is 418 g/mol. The Morgan fingerprint density at radius 3 is 2.18 bits per heavy atom. The molecule has 0 heterocycles. The molecule has 0 radical (unpaired) electrons. The topological polar surface area (TPSA) is 96.5 Å². The molecule has 3 amide bonds. The number of hydrogen-bond acceptors (Lipinski definition) is 4. The fraction of sp³-hybridized carbons (Fsp3) is 0.192. The number of amides is 3. The second-order valence-electron chi connectivity index (χ2n) is 7.39. The van der Waals surface area contributed by atoms with Gasteiger partial charge in [0.1, 0.15) is 5.75 Å². The van der Waals surface area contributed by atoms with E-state index >= 15 is 0 Å². The SMILES string of the molecule is CCc1ccc(CNC(=O)c2ccccc2NC(=O)C(=O)NCc2cccc(OC)c2)cc1. The zero-order chi connectivity index (χ0) is 23.6. The van der Waals surface area contributed by atoms with Crippen molar-refractivity contribution < 1.29 is 19.1 Å². The van der Waals surface area contributed by atoms with Crippen molar-refractivity contribution in [2.45, 2.75) is 26.4 Å². The van der Waals surface area contributed by atoms with Gasteiger partial charge in [0, 0.05) is 13.1 Å². The molecule has 0 bridgehead atoms. The van der Waals surface area contributed by atoms with Crippen LogP contribution in [0.2, 0.25) is 0 Å². The van der Waals surface area contributed by atoms with Gasteiger partial charge in [-0.05, 0) is 47.4 Å². The van der Waals surface area contributed by atoms with E-state index in [4.69, 9.17) is 4.74 Å². The largest absolute Gasteiger partial charge is 0.497 e. The smallest absolute Gasteiger partial charge is 0.313 e. The molecular formula is C26H27N3O4. The summed E-state index contributed by atoms with van der Waals surface area (Å²) in [6.45, 7) is 2.61. The van der Waals surface area contributed by atoms with Crippen LogP contribution in [0.4, 0.5) is 5.69 Å². The average Bonchev–Trinajstić information content (AvgIpc) is 2.86. The van der Waals surface area contributed by atoms with Crippen LogP contribution in [0.5, 0.6) is 5.75 Å². The van der Waals surface area contributed by atoms with E-state index < -0.39 is 11.8 Å². The standard InChI is InChI=1S/C26H27N3O4/c1-3-18-11-13-19(14-12-18)16-27-24(30)22-9-4-5-10-23(22)29-26(32)25(31)28-17-20-7-6-8-21(15-20)33-2/h4-15H,3,16-17H2,1-2H3,(H,27,30)(H,28,31)(H,29,32). The minimum atomic E-state index is -0.853. The second kappa shape index (κ2) is 11.5. The first-order chi connectivity index (χ1) is 16.0. The van der Waals surface area contributed by atoms with E-state index in [1.807, 2.05) is 30.3 Å². The van der Waals surface area contributed by atoms with Crippen molar-refractivity contribution in [1.29, 1.82) is 0 Å². The molecule has 3 aromatic rings. The lowest BCUT2D eigenvalue weighted by Gasteiger charge is -2.12. The Bertz CT molecular complexity index is 1130. The minimum Gasteiger partial charge on any atom is -0.497 e. The third-order valence-electron chi connectivity index (χ3n) is 5.10. The molecule has 33 heavy (non-hydrogen) atoms. The van der Waals surface area contributed by atoms with Crippen molar-refractivity contribution in [2.75, 3.05) is 12.4 Å². The summed E-state index contributed by atoms with van der Waals surface area (Å²) in [5.41, 5.74) is 3.53. The first-order valence-corrected chi connectivity index (χ1v) is 10.7. The van der Waals surface area contributed by atoms with Gasteiger partial charge in [-0.15, -0.1) is 0 Å². The molecule has 170 valence electrons. The van der Waals surface area contributed by atoms with E-state index in [9.17, 15) is 14.4 Å². The quantitative estimate of drug-likeness (QED) is 0.463. The van der Waals surface area contributed by atoms with Gasteiger partial charge in [-0.3, -0.25) is 14.4 Å². The number of methoxy groups -OCH3 is 1. The van der Waals surface area contributed by atoms with Gasteiger partial charge in [0.25, 0.3) is 5.91 Å².